The minimum atomic E-state index is -4.13. The van der Waals surface area contributed by atoms with Gasteiger partial charge in [-0.2, -0.15) is 0 Å². The van der Waals surface area contributed by atoms with E-state index in [0.717, 1.165) is 44.6 Å². The smallest absolute Gasteiger partial charge is 0.239 e. The van der Waals surface area contributed by atoms with E-state index in [0.29, 0.717) is 35.9 Å². The number of hydrazone groups is 1. The molecule has 0 atom stereocenters. The number of aliphatic hydroxyl groups is 1. The Kier molecular flexibility index (Phi) is 8.05. The molecule has 35 heavy (non-hydrogen) atoms. The SMILES string of the molecule is NN/N=C(\N)c1c(-c2ccc(C3CNC3)cc2)ccc(CC2CCN(CCO)CC2)c1S(N)(=O)=O. The highest BCUT2D eigenvalue weighted by molar-refractivity contribution is 7.89. The van der Waals surface area contributed by atoms with Gasteiger partial charge in [-0.15, -0.1) is 5.10 Å². The molecule has 0 unspecified atom stereocenters. The molecule has 9 N–H and O–H groups in total. The van der Waals surface area contributed by atoms with Crippen LogP contribution in [0.3, 0.4) is 0 Å². The van der Waals surface area contributed by atoms with Crippen LogP contribution in [0.25, 0.3) is 11.1 Å². The summed E-state index contributed by atoms with van der Waals surface area (Å²) in [6, 6.07) is 11.8. The summed E-state index contributed by atoms with van der Waals surface area (Å²) in [6.45, 7) is 4.43. The van der Waals surface area contributed by atoms with Gasteiger partial charge in [0.2, 0.25) is 10.0 Å². The number of nitrogens with two attached hydrogens (primary N) is 3. The summed E-state index contributed by atoms with van der Waals surface area (Å²) >= 11 is 0. The number of rotatable bonds is 9. The maximum absolute atomic E-state index is 12.9. The lowest BCUT2D eigenvalue weighted by Gasteiger charge is -2.32. The second-order valence-corrected chi connectivity index (χ2v) is 10.8. The Morgan fingerprint density at radius 1 is 1.14 bits per heavy atom. The molecule has 2 fully saturated rings. The molecule has 190 valence electrons. The number of nitrogens with zero attached hydrogens (tertiary/aromatic N) is 2. The van der Waals surface area contributed by atoms with Crippen LogP contribution in [0, 0.1) is 5.92 Å². The average molecular weight is 502 g/mol. The molecule has 10 nitrogen and oxygen atoms in total. The fourth-order valence-electron chi connectivity index (χ4n) is 5.06. The predicted molar refractivity (Wildman–Crippen MR) is 137 cm³/mol. The third kappa shape index (κ3) is 5.83. The molecular weight excluding hydrogens is 466 g/mol. The Hall–Kier alpha value is -2.54. The standard InChI is InChI=1S/C24H35N7O3S/c25-24(29-30-26)22-21(18-3-1-17(2-4-18)20-14-28-15-20)6-5-19(23(22)35(27,33)34)13-16-7-9-31(10-8-16)11-12-32/h1-6,16,20,28,30,32H,7-15,26H2,(H2,25,29)(H2,27,33,34). The molecule has 0 amide bonds. The number of likely N-dealkylation sites (tertiary alicyclic amines) is 1. The lowest BCUT2D eigenvalue weighted by molar-refractivity contribution is 0.147. The lowest BCUT2D eigenvalue weighted by Crippen LogP contribution is -2.39. The highest BCUT2D eigenvalue weighted by Crippen LogP contribution is 2.34. The molecular formula is C24H35N7O3S. The molecule has 2 aliphatic heterocycles. The van der Waals surface area contributed by atoms with Gasteiger partial charge in [-0.05, 0) is 60.5 Å². The van der Waals surface area contributed by atoms with Crippen molar-refractivity contribution in [3.05, 3.63) is 53.1 Å². The summed E-state index contributed by atoms with van der Waals surface area (Å²) in [4.78, 5) is 2.21. The molecule has 11 heteroatoms. The minimum absolute atomic E-state index is 0.00319. The van der Waals surface area contributed by atoms with Crippen molar-refractivity contribution in [3.8, 4) is 11.1 Å². The van der Waals surface area contributed by atoms with Crippen molar-refractivity contribution in [2.75, 3.05) is 39.3 Å². The van der Waals surface area contributed by atoms with Crippen molar-refractivity contribution in [2.45, 2.75) is 30.1 Å². The normalized spacial score (nSPS) is 18.4. The van der Waals surface area contributed by atoms with E-state index in [2.05, 4.69) is 33.0 Å². The monoisotopic (exact) mass is 501 g/mol. The number of piperidine rings is 1. The number of amidine groups is 1. The Morgan fingerprint density at radius 3 is 2.37 bits per heavy atom. The summed E-state index contributed by atoms with van der Waals surface area (Å²) in [5.74, 6) is 6.13. The maximum atomic E-state index is 12.9. The van der Waals surface area contributed by atoms with Crippen LogP contribution >= 0.6 is 0 Å². The molecule has 2 heterocycles. The highest BCUT2D eigenvalue weighted by atomic mass is 32.2. The Labute approximate surface area is 206 Å². The maximum Gasteiger partial charge on any atom is 0.239 e. The quantitative estimate of drug-likeness (QED) is 0.121. The van der Waals surface area contributed by atoms with Crippen LogP contribution in [0.4, 0.5) is 0 Å². The number of β-amino-alcohol motifs (C(OH)–C–C–N with tert-alkyl or cyclic N) is 1. The number of sulfonamides is 1. The average Bonchev–Trinajstić information content (AvgIpc) is 2.79. The first-order valence-corrected chi connectivity index (χ1v) is 13.5. The summed E-state index contributed by atoms with van der Waals surface area (Å²) in [5, 5.41) is 22.1. The zero-order chi connectivity index (χ0) is 25.0. The Balaban J connectivity index is 1.73. The van der Waals surface area contributed by atoms with Crippen LogP contribution in [-0.2, 0) is 16.4 Å². The fraction of sp³-hybridized carbons (Fsp3) is 0.458. The van der Waals surface area contributed by atoms with Crippen molar-refractivity contribution in [1.29, 1.82) is 0 Å². The van der Waals surface area contributed by atoms with Crippen LogP contribution in [-0.4, -0.2) is 63.6 Å². The van der Waals surface area contributed by atoms with Crippen molar-refractivity contribution in [2.24, 2.45) is 27.7 Å². The molecule has 0 bridgehead atoms. The predicted octanol–water partition coefficient (Wildman–Crippen LogP) is 0.0182. The Morgan fingerprint density at radius 2 is 1.83 bits per heavy atom. The van der Waals surface area contributed by atoms with E-state index in [1.54, 1.807) is 0 Å². The number of aliphatic hydroxyl groups excluding tert-OH is 1. The van der Waals surface area contributed by atoms with Crippen molar-refractivity contribution in [3.63, 3.8) is 0 Å². The van der Waals surface area contributed by atoms with Gasteiger partial charge in [-0.25, -0.2) is 24.9 Å². The van der Waals surface area contributed by atoms with Gasteiger partial charge in [-0.1, -0.05) is 36.4 Å². The number of primary sulfonamides is 1. The first-order chi connectivity index (χ1) is 16.8. The molecule has 0 radical (unpaired) electrons. The lowest BCUT2D eigenvalue weighted by atomic mass is 9.87. The van der Waals surface area contributed by atoms with E-state index in [9.17, 15) is 13.5 Å². The molecule has 2 saturated heterocycles. The largest absolute Gasteiger partial charge is 0.395 e. The van der Waals surface area contributed by atoms with E-state index in [4.69, 9.17) is 16.7 Å². The molecule has 0 aliphatic carbocycles. The number of hydrazine groups is 1. The van der Waals surface area contributed by atoms with Gasteiger partial charge in [0, 0.05) is 31.1 Å². The first-order valence-electron chi connectivity index (χ1n) is 11.9. The van der Waals surface area contributed by atoms with Crippen LogP contribution < -0.4 is 27.6 Å². The van der Waals surface area contributed by atoms with Gasteiger partial charge in [0.1, 0.15) is 0 Å². The minimum Gasteiger partial charge on any atom is -0.395 e. The molecule has 0 spiro atoms. The van der Waals surface area contributed by atoms with Gasteiger partial charge in [0.05, 0.1) is 11.5 Å². The van der Waals surface area contributed by atoms with Gasteiger partial charge in [-0.3, -0.25) is 0 Å². The summed E-state index contributed by atoms with van der Waals surface area (Å²) < 4.78 is 25.8. The van der Waals surface area contributed by atoms with E-state index in [-0.39, 0.29) is 22.9 Å². The van der Waals surface area contributed by atoms with Crippen molar-refractivity contribution in [1.82, 2.24) is 15.8 Å². The number of benzene rings is 2. The fourth-order valence-corrected chi connectivity index (χ4v) is 6.07. The molecule has 4 rings (SSSR count). The van der Waals surface area contributed by atoms with Crippen LogP contribution in [0.15, 0.2) is 46.4 Å². The van der Waals surface area contributed by atoms with Crippen LogP contribution in [0.5, 0.6) is 0 Å². The zero-order valence-electron chi connectivity index (χ0n) is 19.8. The third-order valence-electron chi connectivity index (χ3n) is 7.07. The van der Waals surface area contributed by atoms with Crippen LogP contribution in [0.2, 0.25) is 0 Å². The van der Waals surface area contributed by atoms with E-state index < -0.39 is 10.0 Å². The zero-order valence-corrected chi connectivity index (χ0v) is 20.6. The number of hydrogen-bond donors (Lipinski definition) is 6. The van der Waals surface area contributed by atoms with Gasteiger partial charge < -0.3 is 21.1 Å². The topological polar surface area (TPSA) is 172 Å². The summed E-state index contributed by atoms with van der Waals surface area (Å²) in [7, 11) is -4.13. The van der Waals surface area contributed by atoms with E-state index in [1.165, 1.54) is 5.56 Å². The first kappa shape index (κ1) is 25.5. The second-order valence-electron chi connectivity index (χ2n) is 9.34. The van der Waals surface area contributed by atoms with Crippen molar-refractivity contribution >= 4 is 15.9 Å². The highest BCUT2D eigenvalue weighted by Gasteiger charge is 2.28. The van der Waals surface area contributed by atoms with E-state index in [1.807, 2.05) is 24.3 Å². The van der Waals surface area contributed by atoms with Gasteiger partial charge >= 0.3 is 0 Å². The summed E-state index contributed by atoms with van der Waals surface area (Å²) in [5.41, 5.74) is 12.0. The third-order valence-corrected chi connectivity index (χ3v) is 8.11. The summed E-state index contributed by atoms with van der Waals surface area (Å²) in [6.07, 6.45) is 2.38. The molecule has 0 saturated carbocycles. The van der Waals surface area contributed by atoms with Crippen LogP contribution in [0.1, 0.15) is 35.4 Å². The molecule has 0 aromatic heterocycles. The Bertz CT molecular complexity index is 1160. The number of nitrogens with one attached hydrogen (secondary N) is 2. The van der Waals surface area contributed by atoms with Crippen molar-refractivity contribution < 1.29 is 13.5 Å². The molecule has 2 aliphatic rings. The van der Waals surface area contributed by atoms with Gasteiger partial charge in [0.15, 0.2) is 5.84 Å². The molecule has 2 aromatic rings. The second kappa shape index (κ2) is 11.0. The number of hydrogen-bond acceptors (Lipinski definition) is 8. The molecule has 2 aromatic carbocycles. The van der Waals surface area contributed by atoms with E-state index >= 15 is 0 Å². The van der Waals surface area contributed by atoms with Gasteiger partial charge in [0.25, 0.3) is 0 Å².